The minimum Gasteiger partial charge on any atom is -0.467 e. The molecule has 0 aliphatic rings. The maximum atomic E-state index is 9.96. The van der Waals surface area contributed by atoms with Crippen molar-refractivity contribution < 1.29 is 19.0 Å². The van der Waals surface area contributed by atoms with Gasteiger partial charge >= 0.3 is 0 Å². The van der Waals surface area contributed by atoms with Crippen LogP contribution in [0.25, 0.3) is 0 Å². The van der Waals surface area contributed by atoms with Gasteiger partial charge in [-0.2, -0.15) is 0 Å². The van der Waals surface area contributed by atoms with Crippen LogP contribution >= 0.6 is 0 Å². The summed E-state index contributed by atoms with van der Waals surface area (Å²) in [5.41, 5.74) is 0. The Morgan fingerprint density at radius 1 is 1.29 bits per heavy atom. The van der Waals surface area contributed by atoms with E-state index in [4.69, 9.17) is 13.9 Å². The number of ether oxygens (including phenoxy) is 2. The number of aliphatic hydroxyl groups is 1. The van der Waals surface area contributed by atoms with Crippen LogP contribution in [-0.2, 0) is 9.47 Å². The number of hydrogen-bond donors (Lipinski definition) is 1. The third kappa shape index (κ3) is 5.32. The van der Waals surface area contributed by atoms with E-state index in [9.17, 15) is 5.11 Å². The third-order valence-corrected chi connectivity index (χ3v) is 2.53. The third-order valence-electron chi connectivity index (χ3n) is 2.53. The molecule has 1 N–H and O–H groups in total. The zero-order chi connectivity index (χ0) is 12.5. The Morgan fingerprint density at radius 2 is 1.94 bits per heavy atom. The molecule has 1 heterocycles. The molecule has 0 amide bonds. The smallest absolute Gasteiger partial charge is 0.133 e. The average Bonchev–Trinajstić information content (AvgIpc) is 2.86. The molecule has 0 radical (unpaired) electrons. The topological polar surface area (TPSA) is 55.1 Å². The Hall–Kier alpha value is -0.880. The summed E-state index contributed by atoms with van der Waals surface area (Å²) in [6.07, 6.45) is 0.950. The quantitative estimate of drug-likeness (QED) is 0.698. The van der Waals surface area contributed by atoms with Gasteiger partial charge in [-0.3, -0.25) is 4.90 Å². The summed E-state index contributed by atoms with van der Waals surface area (Å²) < 4.78 is 15.2. The van der Waals surface area contributed by atoms with E-state index in [1.165, 1.54) is 0 Å². The molecule has 0 saturated heterocycles. The zero-order valence-electron chi connectivity index (χ0n) is 10.5. The van der Waals surface area contributed by atoms with Gasteiger partial charge in [-0.1, -0.05) is 0 Å². The van der Waals surface area contributed by atoms with Gasteiger partial charge < -0.3 is 19.0 Å². The summed E-state index contributed by atoms with van der Waals surface area (Å²) >= 11 is 0. The number of rotatable bonds is 9. The number of furan rings is 1. The molecule has 17 heavy (non-hydrogen) atoms. The van der Waals surface area contributed by atoms with E-state index in [0.29, 0.717) is 25.5 Å². The fraction of sp³-hybridized carbons (Fsp3) is 0.667. The van der Waals surface area contributed by atoms with Crippen LogP contribution in [0, 0.1) is 0 Å². The summed E-state index contributed by atoms with van der Waals surface area (Å²) in [5.74, 6) is 0.588. The Bertz CT molecular complexity index is 268. The molecule has 1 atom stereocenters. The average molecular weight is 243 g/mol. The van der Waals surface area contributed by atoms with Gasteiger partial charge in [-0.25, -0.2) is 0 Å². The Balaban J connectivity index is 2.40. The zero-order valence-corrected chi connectivity index (χ0v) is 10.5. The van der Waals surface area contributed by atoms with Crippen molar-refractivity contribution in [3.8, 4) is 0 Å². The fourth-order valence-corrected chi connectivity index (χ4v) is 1.55. The molecule has 1 unspecified atom stereocenters. The van der Waals surface area contributed by atoms with Crippen molar-refractivity contribution in [2.45, 2.75) is 6.10 Å². The second-order valence-corrected chi connectivity index (χ2v) is 3.82. The number of aliphatic hydroxyl groups excluding tert-OH is 1. The SMILES string of the molecule is COCCN(CCOC)CC(O)c1ccco1. The predicted molar refractivity (Wildman–Crippen MR) is 63.9 cm³/mol. The second kappa shape index (κ2) is 8.25. The highest BCUT2D eigenvalue weighted by Crippen LogP contribution is 2.14. The van der Waals surface area contributed by atoms with Gasteiger partial charge in [-0.15, -0.1) is 0 Å². The van der Waals surface area contributed by atoms with Gasteiger partial charge in [0.2, 0.25) is 0 Å². The predicted octanol–water partition coefficient (Wildman–Crippen LogP) is 0.908. The number of nitrogens with zero attached hydrogens (tertiary/aromatic N) is 1. The summed E-state index contributed by atoms with van der Waals surface area (Å²) in [6, 6.07) is 3.54. The highest BCUT2D eigenvalue weighted by atomic mass is 16.5. The van der Waals surface area contributed by atoms with Gasteiger partial charge in [0.15, 0.2) is 0 Å². The molecule has 1 aromatic rings. The van der Waals surface area contributed by atoms with Crippen LogP contribution in [0.2, 0.25) is 0 Å². The normalized spacial score (nSPS) is 13.2. The molecule has 98 valence electrons. The van der Waals surface area contributed by atoms with Crippen molar-refractivity contribution in [3.63, 3.8) is 0 Å². The maximum Gasteiger partial charge on any atom is 0.133 e. The van der Waals surface area contributed by atoms with Crippen LogP contribution < -0.4 is 0 Å². The van der Waals surface area contributed by atoms with Gasteiger partial charge in [-0.05, 0) is 12.1 Å². The highest BCUT2D eigenvalue weighted by Gasteiger charge is 2.15. The highest BCUT2D eigenvalue weighted by molar-refractivity contribution is 5.02. The van der Waals surface area contributed by atoms with E-state index in [1.54, 1.807) is 32.6 Å². The van der Waals surface area contributed by atoms with E-state index < -0.39 is 6.10 Å². The van der Waals surface area contributed by atoms with Crippen LogP contribution in [0.5, 0.6) is 0 Å². The maximum absolute atomic E-state index is 9.96. The van der Waals surface area contributed by atoms with E-state index >= 15 is 0 Å². The van der Waals surface area contributed by atoms with Crippen LogP contribution in [-0.4, -0.2) is 57.1 Å². The van der Waals surface area contributed by atoms with Crippen molar-refractivity contribution in [2.75, 3.05) is 47.1 Å². The van der Waals surface area contributed by atoms with Gasteiger partial charge in [0.05, 0.1) is 19.5 Å². The number of hydrogen-bond acceptors (Lipinski definition) is 5. The minimum absolute atomic E-state index is 0.514. The van der Waals surface area contributed by atoms with E-state index in [2.05, 4.69) is 4.90 Å². The van der Waals surface area contributed by atoms with Gasteiger partial charge in [0, 0.05) is 33.9 Å². The Morgan fingerprint density at radius 3 is 2.41 bits per heavy atom. The van der Waals surface area contributed by atoms with Crippen LogP contribution in [0.4, 0.5) is 0 Å². The molecule has 1 rings (SSSR count). The Kier molecular flexibility index (Phi) is 6.88. The van der Waals surface area contributed by atoms with Crippen molar-refractivity contribution in [1.82, 2.24) is 4.90 Å². The lowest BCUT2D eigenvalue weighted by molar-refractivity contribution is 0.0603. The van der Waals surface area contributed by atoms with E-state index in [-0.39, 0.29) is 0 Å². The molecule has 0 saturated carbocycles. The molecular weight excluding hydrogens is 222 g/mol. The van der Waals surface area contributed by atoms with Crippen molar-refractivity contribution >= 4 is 0 Å². The van der Waals surface area contributed by atoms with E-state index in [1.807, 2.05) is 0 Å². The lowest BCUT2D eigenvalue weighted by Gasteiger charge is -2.23. The lowest BCUT2D eigenvalue weighted by Crippen LogP contribution is -2.34. The fourth-order valence-electron chi connectivity index (χ4n) is 1.55. The van der Waals surface area contributed by atoms with Gasteiger partial charge in [0.1, 0.15) is 11.9 Å². The summed E-state index contributed by atoms with van der Waals surface area (Å²) in [5, 5.41) is 9.96. The monoisotopic (exact) mass is 243 g/mol. The molecule has 0 spiro atoms. The van der Waals surface area contributed by atoms with E-state index in [0.717, 1.165) is 13.1 Å². The van der Waals surface area contributed by atoms with Crippen LogP contribution in [0.3, 0.4) is 0 Å². The molecule has 0 bridgehead atoms. The molecular formula is C12H21NO4. The van der Waals surface area contributed by atoms with Crippen LogP contribution in [0.15, 0.2) is 22.8 Å². The first-order valence-electron chi connectivity index (χ1n) is 5.69. The molecule has 0 aliphatic carbocycles. The standard InChI is InChI=1S/C12H21NO4/c1-15-8-5-13(6-9-16-2)10-11(14)12-4-3-7-17-12/h3-4,7,11,14H,5-6,8-10H2,1-2H3. The summed E-state index contributed by atoms with van der Waals surface area (Å²) in [4.78, 5) is 2.08. The molecule has 0 aliphatic heterocycles. The minimum atomic E-state index is -0.612. The molecule has 0 fully saturated rings. The number of methoxy groups -OCH3 is 2. The Labute approximate surface area is 102 Å². The molecule has 1 aromatic heterocycles. The second-order valence-electron chi connectivity index (χ2n) is 3.82. The first-order chi connectivity index (χ1) is 8.27. The summed E-state index contributed by atoms with van der Waals surface area (Å²) in [6.45, 7) is 3.30. The molecule has 5 heteroatoms. The lowest BCUT2D eigenvalue weighted by atomic mass is 10.2. The molecule has 0 aromatic carbocycles. The largest absolute Gasteiger partial charge is 0.467 e. The first-order valence-corrected chi connectivity index (χ1v) is 5.69. The van der Waals surface area contributed by atoms with Crippen molar-refractivity contribution in [2.24, 2.45) is 0 Å². The van der Waals surface area contributed by atoms with Crippen molar-refractivity contribution in [3.05, 3.63) is 24.2 Å². The first kappa shape index (κ1) is 14.2. The molecule has 5 nitrogen and oxygen atoms in total. The van der Waals surface area contributed by atoms with Crippen LogP contribution in [0.1, 0.15) is 11.9 Å². The van der Waals surface area contributed by atoms with Gasteiger partial charge in [0.25, 0.3) is 0 Å². The summed E-state index contributed by atoms with van der Waals surface area (Å²) in [7, 11) is 3.33. The van der Waals surface area contributed by atoms with Crippen molar-refractivity contribution in [1.29, 1.82) is 0 Å².